The van der Waals surface area contributed by atoms with Gasteiger partial charge in [-0.15, -0.1) is 0 Å². The molecule has 29 heavy (non-hydrogen) atoms. The summed E-state index contributed by atoms with van der Waals surface area (Å²) in [4.78, 5) is 13.1. The fourth-order valence-corrected chi connectivity index (χ4v) is 3.99. The van der Waals surface area contributed by atoms with Crippen molar-refractivity contribution in [3.63, 3.8) is 0 Å². The van der Waals surface area contributed by atoms with Gasteiger partial charge < -0.3 is 19.5 Å². The minimum absolute atomic E-state index is 0.0138. The van der Waals surface area contributed by atoms with Gasteiger partial charge in [0.2, 0.25) is 5.91 Å². The van der Waals surface area contributed by atoms with Crippen LogP contribution in [0.3, 0.4) is 0 Å². The van der Waals surface area contributed by atoms with Gasteiger partial charge in [-0.25, -0.2) is 0 Å². The van der Waals surface area contributed by atoms with Crippen LogP contribution in [0.2, 0.25) is 0 Å². The zero-order valence-electron chi connectivity index (χ0n) is 17.6. The van der Waals surface area contributed by atoms with E-state index in [2.05, 4.69) is 35.6 Å². The molecule has 3 rings (SSSR count). The van der Waals surface area contributed by atoms with Crippen LogP contribution in [0.25, 0.3) is 11.1 Å². The van der Waals surface area contributed by atoms with Gasteiger partial charge in [-0.1, -0.05) is 42.5 Å². The molecule has 2 aromatic carbocycles. The van der Waals surface area contributed by atoms with Crippen LogP contribution in [0.4, 0.5) is 0 Å². The molecule has 0 aromatic heterocycles. The Balaban J connectivity index is 1.78. The number of benzene rings is 2. The molecule has 1 heterocycles. The Hall–Kier alpha value is -2.37. The number of carbonyl (C=O) groups is 1. The van der Waals surface area contributed by atoms with Crippen LogP contribution >= 0.6 is 0 Å². The fraction of sp³-hybridized carbons (Fsp3) is 0.458. The van der Waals surface area contributed by atoms with Crippen LogP contribution in [-0.2, 0) is 20.7 Å². The third-order valence-corrected chi connectivity index (χ3v) is 5.64. The van der Waals surface area contributed by atoms with Crippen LogP contribution in [-0.4, -0.2) is 46.0 Å². The van der Waals surface area contributed by atoms with E-state index in [1.807, 2.05) is 25.1 Å². The average Bonchev–Trinajstić information content (AvgIpc) is 2.75. The molecule has 5 nitrogen and oxygen atoms in total. The predicted octanol–water partition coefficient (Wildman–Crippen LogP) is 3.85. The maximum absolute atomic E-state index is 13.1. The third-order valence-electron chi connectivity index (χ3n) is 5.64. The summed E-state index contributed by atoms with van der Waals surface area (Å²) in [6.07, 6.45) is 2.16. The minimum Gasteiger partial charge on any atom is -0.496 e. The second-order valence-electron chi connectivity index (χ2n) is 7.80. The van der Waals surface area contributed by atoms with Crippen LogP contribution < -0.4 is 10.1 Å². The van der Waals surface area contributed by atoms with Gasteiger partial charge in [-0.3, -0.25) is 4.79 Å². The molecular weight excluding hydrogens is 366 g/mol. The lowest BCUT2D eigenvalue weighted by Gasteiger charge is -2.37. The zero-order chi connectivity index (χ0) is 20.7. The number of para-hydroxylation sites is 1. The van der Waals surface area contributed by atoms with Crippen molar-refractivity contribution >= 4 is 5.91 Å². The van der Waals surface area contributed by atoms with E-state index >= 15 is 0 Å². The summed E-state index contributed by atoms with van der Waals surface area (Å²) >= 11 is 0. The molecule has 1 N–H and O–H groups in total. The first kappa shape index (κ1) is 21.3. The van der Waals surface area contributed by atoms with Crippen molar-refractivity contribution in [1.82, 2.24) is 5.32 Å². The number of ether oxygens (including phenoxy) is 3. The Kier molecular flexibility index (Phi) is 7.29. The molecule has 0 bridgehead atoms. The number of hydrogen-bond donors (Lipinski definition) is 1. The molecule has 0 aliphatic carbocycles. The van der Waals surface area contributed by atoms with E-state index in [0.29, 0.717) is 26.2 Å². The van der Waals surface area contributed by atoms with E-state index in [0.717, 1.165) is 35.3 Å². The molecule has 1 aliphatic rings. The molecule has 1 fully saturated rings. The van der Waals surface area contributed by atoms with Crippen LogP contribution in [0.15, 0.2) is 48.5 Å². The Morgan fingerprint density at radius 1 is 1.10 bits per heavy atom. The molecule has 0 radical (unpaired) electrons. The van der Waals surface area contributed by atoms with E-state index in [-0.39, 0.29) is 11.9 Å². The van der Waals surface area contributed by atoms with E-state index in [4.69, 9.17) is 14.2 Å². The van der Waals surface area contributed by atoms with E-state index in [9.17, 15) is 4.79 Å². The lowest BCUT2D eigenvalue weighted by Crippen LogP contribution is -2.49. The van der Waals surface area contributed by atoms with Crippen molar-refractivity contribution in [2.75, 3.05) is 34.0 Å². The second-order valence-corrected chi connectivity index (χ2v) is 7.80. The summed E-state index contributed by atoms with van der Waals surface area (Å²) in [5.74, 6) is 0.951. The maximum atomic E-state index is 13.1. The van der Waals surface area contributed by atoms with Crippen molar-refractivity contribution in [1.29, 1.82) is 0 Å². The van der Waals surface area contributed by atoms with Crippen LogP contribution in [0.1, 0.15) is 25.3 Å². The highest BCUT2D eigenvalue weighted by atomic mass is 16.5. The van der Waals surface area contributed by atoms with Gasteiger partial charge in [0, 0.05) is 31.9 Å². The first-order valence-electron chi connectivity index (χ1n) is 10.2. The van der Waals surface area contributed by atoms with Crippen LogP contribution in [0.5, 0.6) is 5.75 Å². The number of amides is 1. The van der Waals surface area contributed by atoms with Crippen molar-refractivity contribution in [3.05, 3.63) is 54.1 Å². The SMILES string of the molecule is COC[C@@H](C)NC(=O)C1(Cc2ccc(-c3ccccc3OC)cc2)CCOCC1. The van der Waals surface area contributed by atoms with Gasteiger partial charge in [0.15, 0.2) is 0 Å². The molecular formula is C24H31NO4. The normalized spacial score (nSPS) is 16.8. The van der Waals surface area contributed by atoms with Crippen molar-refractivity contribution in [2.24, 2.45) is 5.41 Å². The van der Waals surface area contributed by atoms with Crippen molar-refractivity contribution in [2.45, 2.75) is 32.2 Å². The largest absolute Gasteiger partial charge is 0.496 e. The average molecular weight is 398 g/mol. The molecule has 0 unspecified atom stereocenters. The summed E-state index contributed by atoms with van der Waals surface area (Å²) < 4.78 is 16.2. The number of hydrogen-bond acceptors (Lipinski definition) is 4. The van der Waals surface area contributed by atoms with Gasteiger partial charge in [0.25, 0.3) is 0 Å². The minimum atomic E-state index is -0.438. The number of methoxy groups -OCH3 is 2. The summed E-state index contributed by atoms with van der Waals surface area (Å²) in [6.45, 7) is 3.71. The van der Waals surface area contributed by atoms with E-state index < -0.39 is 5.41 Å². The molecule has 156 valence electrons. The molecule has 0 spiro atoms. The summed E-state index contributed by atoms with van der Waals surface area (Å²) in [5, 5.41) is 3.13. The highest BCUT2D eigenvalue weighted by molar-refractivity contribution is 5.83. The number of carbonyl (C=O) groups excluding carboxylic acids is 1. The molecule has 5 heteroatoms. The Bertz CT molecular complexity index is 797. The second kappa shape index (κ2) is 9.90. The molecule has 0 saturated carbocycles. The topological polar surface area (TPSA) is 56.8 Å². The fourth-order valence-electron chi connectivity index (χ4n) is 3.99. The van der Waals surface area contributed by atoms with Gasteiger partial charge in [0.1, 0.15) is 5.75 Å². The summed E-state index contributed by atoms with van der Waals surface area (Å²) in [6, 6.07) is 16.4. The van der Waals surface area contributed by atoms with Crippen molar-refractivity contribution < 1.29 is 19.0 Å². The quantitative estimate of drug-likeness (QED) is 0.735. The molecule has 2 aromatic rings. The zero-order valence-corrected chi connectivity index (χ0v) is 17.6. The van der Waals surface area contributed by atoms with Gasteiger partial charge in [-0.05, 0) is 43.4 Å². The number of nitrogens with one attached hydrogen (secondary N) is 1. The lowest BCUT2D eigenvalue weighted by molar-refractivity contribution is -0.137. The molecule has 1 saturated heterocycles. The summed E-state index contributed by atoms with van der Waals surface area (Å²) in [5.41, 5.74) is 2.88. The van der Waals surface area contributed by atoms with Crippen LogP contribution in [0, 0.1) is 5.41 Å². The van der Waals surface area contributed by atoms with E-state index in [1.165, 1.54) is 0 Å². The third kappa shape index (κ3) is 5.17. The van der Waals surface area contributed by atoms with Gasteiger partial charge >= 0.3 is 0 Å². The van der Waals surface area contributed by atoms with Gasteiger partial charge in [0.05, 0.1) is 19.1 Å². The maximum Gasteiger partial charge on any atom is 0.227 e. The smallest absolute Gasteiger partial charge is 0.227 e. The van der Waals surface area contributed by atoms with Gasteiger partial charge in [-0.2, -0.15) is 0 Å². The standard InChI is InChI=1S/C24H31NO4/c1-18(17-27-2)25-23(26)24(12-14-29-15-13-24)16-19-8-10-20(11-9-19)21-6-4-5-7-22(21)28-3/h4-11,18H,12-17H2,1-3H3,(H,25,26)/t18-/m1/s1. The molecule has 1 atom stereocenters. The first-order chi connectivity index (χ1) is 14.1. The number of rotatable bonds is 8. The monoisotopic (exact) mass is 397 g/mol. The lowest BCUT2D eigenvalue weighted by atomic mass is 9.74. The van der Waals surface area contributed by atoms with E-state index in [1.54, 1.807) is 14.2 Å². The Morgan fingerprint density at radius 3 is 2.45 bits per heavy atom. The first-order valence-corrected chi connectivity index (χ1v) is 10.2. The highest BCUT2D eigenvalue weighted by Gasteiger charge is 2.40. The Morgan fingerprint density at radius 2 is 1.79 bits per heavy atom. The highest BCUT2D eigenvalue weighted by Crippen LogP contribution is 2.36. The molecule has 1 aliphatic heterocycles. The van der Waals surface area contributed by atoms with Crippen molar-refractivity contribution in [3.8, 4) is 16.9 Å². The summed E-state index contributed by atoms with van der Waals surface area (Å²) in [7, 11) is 3.33. The predicted molar refractivity (Wildman–Crippen MR) is 114 cm³/mol. The molecule has 1 amide bonds. The Labute approximate surface area is 173 Å².